The number of nitrogens with zero attached hydrogens (tertiary/aromatic N) is 3. The van der Waals surface area contributed by atoms with Gasteiger partial charge in [-0.3, -0.25) is 9.55 Å². The lowest BCUT2D eigenvalue weighted by Gasteiger charge is -2.10. The lowest BCUT2D eigenvalue weighted by molar-refractivity contribution is -0.274. The van der Waals surface area contributed by atoms with Crippen LogP contribution in [-0.2, 0) is 11.3 Å². The van der Waals surface area contributed by atoms with Gasteiger partial charge < -0.3 is 9.47 Å². The fourth-order valence-corrected chi connectivity index (χ4v) is 2.49. The van der Waals surface area contributed by atoms with Crippen LogP contribution in [0.2, 0.25) is 0 Å². The highest BCUT2D eigenvalue weighted by molar-refractivity contribution is 5.71. The number of halogens is 3. The Morgan fingerprint density at radius 1 is 1.31 bits per heavy atom. The Balaban J connectivity index is 1.97. The van der Waals surface area contributed by atoms with E-state index < -0.39 is 6.36 Å². The van der Waals surface area contributed by atoms with Crippen LogP contribution in [0, 0.1) is 0 Å². The number of rotatable bonds is 6. The molecule has 0 atom stereocenters. The first-order chi connectivity index (χ1) is 12.4. The molecular formula is C16H15F3N4O3. The highest BCUT2D eigenvalue weighted by atomic mass is 19.4. The zero-order valence-electron chi connectivity index (χ0n) is 13.7. The molecule has 0 saturated heterocycles. The number of benzene rings is 1. The van der Waals surface area contributed by atoms with Crippen molar-refractivity contribution in [3.8, 4) is 17.0 Å². The molecule has 0 fully saturated rings. The summed E-state index contributed by atoms with van der Waals surface area (Å²) < 4.78 is 47.5. The molecule has 1 aromatic carbocycles. The average Bonchev–Trinajstić information content (AvgIpc) is 2.89. The Morgan fingerprint density at radius 3 is 2.85 bits per heavy atom. The number of H-pyrrole nitrogens is 1. The molecule has 0 saturated carbocycles. The quantitative estimate of drug-likeness (QED) is 0.677. The molecule has 2 aromatic heterocycles. The maximum atomic E-state index is 12.4. The van der Waals surface area contributed by atoms with E-state index >= 15 is 0 Å². The number of hydrogen-bond acceptors (Lipinski definition) is 5. The summed E-state index contributed by atoms with van der Waals surface area (Å²) in [7, 11) is 1.56. The fraction of sp³-hybridized carbons (Fsp3) is 0.312. The predicted molar refractivity (Wildman–Crippen MR) is 86.8 cm³/mol. The number of aryl methyl sites for hydroxylation is 1. The third-order valence-electron chi connectivity index (χ3n) is 3.57. The Bertz CT molecular complexity index is 965. The van der Waals surface area contributed by atoms with Crippen molar-refractivity contribution in [1.82, 2.24) is 19.5 Å². The van der Waals surface area contributed by atoms with Gasteiger partial charge in [-0.2, -0.15) is 0 Å². The molecule has 0 bridgehead atoms. The molecule has 0 aliphatic carbocycles. The smallest absolute Gasteiger partial charge is 0.406 e. The van der Waals surface area contributed by atoms with E-state index in [4.69, 9.17) is 4.74 Å². The van der Waals surface area contributed by atoms with Gasteiger partial charge in [0, 0.05) is 25.8 Å². The van der Waals surface area contributed by atoms with Crippen molar-refractivity contribution < 1.29 is 22.6 Å². The first-order valence-electron chi connectivity index (χ1n) is 7.68. The van der Waals surface area contributed by atoms with Crippen molar-refractivity contribution in [2.75, 3.05) is 13.7 Å². The van der Waals surface area contributed by atoms with Crippen LogP contribution in [0.15, 0.2) is 35.3 Å². The van der Waals surface area contributed by atoms with Crippen molar-refractivity contribution in [3.63, 3.8) is 0 Å². The van der Waals surface area contributed by atoms with Gasteiger partial charge in [-0.25, -0.2) is 14.8 Å². The summed E-state index contributed by atoms with van der Waals surface area (Å²) in [5.74, 6) is -0.358. The van der Waals surface area contributed by atoms with E-state index in [1.54, 1.807) is 13.2 Å². The highest BCUT2D eigenvalue weighted by Gasteiger charge is 2.31. The molecule has 3 rings (SSSR count). The number of nitrogens with one attached hydrogen (secondary N) is 1. The van der Waals surface area contributed by atoms with Crippen molar-refractivity contribution in [2.24, 2.45) is 0 Å². The number of aromatic amines is 1. The summed E-state index contributed by atoms with van der Waals surface area (Å²) in [4.78, 5) is 23.1. The molecule has 0 aliphatic rings. The number of imidazole rings is 1. The molecule has 3 aromatic rings. The summed E-state index contributed by atoms with van der Waals surface area (Å²) in [6, 6.07) is 5.41. The zero-order chi connectivity index (χ0) is 18.7. The van der Waals surface area contributed by atoms with E-state index in [2.05, 4.69) is 19.7 Å². The van der Waals surface area contributed by atoms with Gasteiger partial charge in [-0.1, -0.05) is 12.1 Å². The van der Waals surface area contributed by atoms with Crippen LogP contribution in [0.1, 0.15) is 6.42 Å². The maximum absolute atomic E-state index is 12.4. The largest absolute Gasteiger partial charge is 0.573 e. The summed E-state index contributed by atoms with van der Waals surface area (Å²) in [6.45, 7) is 0.852. The first-order valence-corrected chi connectivity index (χ1v) is 7.68. The second kappa shape index (κ2) is 7.16. The number of ether oxygens (including phenoxy) is 2. The minimum absolute atomic E-state index is 0.305. The molecule has 0 radical (unpaired) electrons. The van der Waals surface area contributed by atoms with Gasteiger partial charge in [-0.15, -0.1) is 13.2 Å². The lowest BCUT2D eigenvalue weighted by Crippen LogP contribution is -2.18. The summed E-state index contributed by atoms with van der Waals surface area (Å²) >= 11 is 0. The molecule has 2 heterocycles. The second-order valence-corrected chi connectivity index (χ2v) is 5.43. The molecule has 26 heavy (non-hydrogen) atoms. The zero-order valence-corrected chi connectivity index (χ0v) is 13.7. The van der Waals surface area contributed by atoms with Gasteiger partial charge in [0.1, 0.15) is 5.75 Å². The average molecular weight is 368 g/mol. The van der Waals surface area contributed by atoms with Crippen LogP contribution < -0.4 is 10.4 Å². The van der Waals surface area contributed by atoms with Crippen molar-refractivity contribution in [2.45, 2.75) is 19.3 Å². The molecule has 0 aliphatic heterocycles. The van der Waals surface area contributed by atoms with E-state index in [9.17, 15) is 18.0 Å². The van der Waals surface area contributed by atoms with Crippen LogP contribution in [-0.4, -0.2) is 39.6 Å². The Labute approximate surface area is 145 Å². The standard InChI is InChI=1S/C16H15F3N4O3/c1-25-7-3-6-23-14-13(22-15(23)24)20-9-12(21-14)10-4-2-5-11(8-10)26-16(17,18)19/h2,4-5,8-9H,3,6-7H2,1H3,(H,20,22,24). The van der Waals surface area contributed by atoms with E-state index in [1.165, 1.54) is 29.0 Å². The third-order valence-corrected chi connectivity index (χ3v) is 3.57. The van der Waals surface area contributed by atoms with Crippen LogP contribution >= 0.6 is 0 Å². The second-order valence-electron chi connectivity index (χ2n) is 5.43. The molecule has 138 valence electrons. The Morgan fingerprint density at radius 2 is 2.12 bits per heavy atom. The molecular weight excluding hydrogens is 353 g/mol. The first kappa shape index (κ1) is 17.9. The SMILES string of the molecule is COCCCn1c(=O)[nH]c2ncc(-c3cccc(OC(F)(F)F)c3)nc21. The number of hydrogen-bond donors (Lipinski definition) is 1. The van der Waals surface area contributed by atoms with E-state index in [-0.39, 0.29) is 11.4 Å². The molecule has 0 amide bonds. The third kappa shape index (κ3) is 4.02. The molecule has 10 heteroatoms. The van der Waals surface area contributed by atoms with Crippen LogP contribution in [0.4, 0.5) is 13.2 Å². The summed E-state index contributed by atoms with van der Waals surface area (Å²) in [5, 5.41) is 0. The minimum Gasteiger partial charge on any atom is -0.406 e. The van der Waals surface area contributed by atoms with E-state index in [0.717, 1.165) is 0 Å². The van der Waals surface area contributed by atoms with Gasteiger partial charge in [0.15, 0.2) is 11.3 Å². The predicted octanol–water partition coefficient (Wildman–Crippen LogP) is 2.72. The molecule has 0 spiro atoms. The van der Waals surface area contributed by atoms with Crippen LogP contribution in [0.25, 0.3) is 22.6 Å². The van der Waals surface area contributed by atoms with E-state index in [0.29, 0.717) is 42.1 Å². The molecule has 7 nitrogen and oxygen atoms in total. The topological polar surface area (TPSA) is 82.0 Å². The number of fused-ring (bicyclic) bond motifs is 1. The van der Waals surface area contributed by atoms with Gasteiger partial charge in [0.2, 0.25) is 0 Å². The number of methoxy groups -OCH3 is 1. The van der Waals surface area contributed by atoms with Gasteiger partial charge >= 0.3 is 12.1 Å². The fourth-order valence-electron chi connectivity index (χ4n) is 2.49. The molecule has 0 unspecified atom stereocenters. The maximum Gasteiger partial charge on any atom is 0.573 e. The number of alkyl halides is 3. The monoisotopic (exact) mass is 368 g/mol. The normalized spacial score (nSPS) is 11.8. The summed E-state index contributed by atoms with van der Waals surface area (Å²) in [6.07, 6.45) is -2.80. The van der Waals surface area contributed by atoms with Crippen molar-refractivity contribution >= 4 is 11.3 Å². The Kier molecular flexibility index (Phi) is 4.94. The van der Waals surface area contributed by atoms with Gasteiger partial charge in [-0.05, 0) is 18.6 Å². The highest BCUT2D eigenvalue weighted by Crippen LogP contribution is 2.27. The molecule has 1 N–H and O–H groups in total. The van der Waals surface area contributed by atoms with Gasteiger partial charge in [0.25, 0.3) is 0 Å². The lowest BCUT2D eigenvalue weighted by atomic mass is 10.1. The number of aromatic nitrogens is 4. The van der Waals surface area contributed by atoms with Gasteiger partial charge in [0.05, 0.1) is 11.9 Å². The Hall–Kier alpha value is -2.88. The minimum atomic E-state index is -4.78. The van der Waals surface area contributed by atoms with Crippen LogP contribution in [0.3, 0.4) is 0 Å². The van der Waals surface area contributed by atoms with E-state index in [1.807, 2.05) is 0 Å². The van der Waals surface area contributed by atoms with Crippen molar-refractivity contribution in [3.05, 3.63) is 40.9 Å². The van der Waals surface area contributed by atoms with Crippen molar-refractivity contribution in [1.29, 1.82) is 0 Å². The van der Waals surface area contributed by atoms with Crippen LogP contribution in [0.5, 0.6) is 5.75 Å². The summed E-state index contributed by atoms with van der Waals surface area (Å²) in [5.41, 5.74) is 0.981.